The first-order chi connectivity index (χ1) is 12.0. The molecule has 0 radical (unpaired) electrons. The molecule has 2 amide bonds. The summed E-state index contributed by atoms with van der Waals surface area (Å²) in [4.78, 5) is 35.5. The molecule has 0 aromatic heterocycles. The van der Waals surface area contributed by atoms with E-state index in [-0.39, 0.29) is 5.56 Å². The van der Waals surface area contributed by atoms with Crippen molar-refractivity contribution >= 4 is 33.7 Å². The molecule has 0 bridgehead atoms. The number of carbonyl (C=O) groups excluding carboxylic acids is 3. The lowest BCUT2D eigenvalue weighted by molar-refractivity contribution is -0.125. The molecule has 2 rings (SSSR count). The second kappa shape index (κ2) is 8.84. The Morgan fingerprint density at radius 1 is 1.00 bits per heavy atom. The number of hydrazine groups is 1. The third-order valence-electron chi connectivity index (χ3n) is 3.08. The highest BCUT2D eigenvalue weighted by molar-refractivity contribution is 9.10. The molecule has 0 spiro atoms. The average Bonchev–Trinajstić information content (AvgIpc) is 2.64. The van der Waals surface area contributed by atoms with Gasteiger partial charge in [-0.05, 0) is 36.4 Å². The zero-order valence-electron chi connectivity index (χ0n) is 13.2. The highest BCUT2D eigenvalue weighted by atomic mass is 79.9. The first kappa shape index (κ1) is 18.5. The fourth-order valence-electron chi connectivity index (χ4n) is 1.86. The zero-order chi connectivity index (χ0) is 18.2. The number of esters is 1. The van der Waals surface area contributed by atoms with Gasteiger partial charge in [-0.1, -0.05) is 28.1 Å². The van der Waals surface area contributed by atoms with Gasteiger partial charge in [0.25, 0.3) is 11.8 Å². The van der Waals surface area contributed by atoms with Crippen LogP contribution in [0.2, 0.25) is 0 Å². The van der Waals surface area contributed by atoms with Gasteiger partial charge in [0.15, 0.2) is 6.61 Å². The Bertz CT molecular complexity index is 777. The summed E-state index contributed by atoms with van der Waals surface area (Å²) in [6, 6.07) is 13.1. The number of amides is 2. The number of ether oxygens (including phenoxy) is 2. The topological polar surface area (TPSA) is 93.7 Å². The van der Waals surface area contributed by atoms with Crippen LogP contribution in [0.1, 0.15) is 20.7 Å². The molecule has 7 nitrogen and oxygen atoms in total. The summed E-state index contributed by atoms with van der Waals surface area (Å²) >= 11 is 3.26. The molecule has 2 aromatic rings. The van der Waals surface area contributed by atoms with Crippen molar-refractivity contribution < 1.29 is 23.9 Å². The van der Waals surface area contributed by atoms with Crippen molar-refractivity contribution in [1.29, 1.82) is 0 Å². The molecule has 0 fully saturated rings. The van der Waals surface area contributed by atoms with Gasteiger partial charge < -0.3 is 9.47 Å². The van der Waals surface area contributed by atoms with E-state index in [1.165, 1.54) is 13.2 Å². The summed E-state index contributed by atoms with van der Waals surface area (Å²) in [6.07, 6.45) is 0. The van der Waals surface area contributed by atoms with Gasteiger partial charge in [-0.3, -0.25) is 20.4 Å². The Balaban J connectivity index is 1.81. The van der Waals surface area contributed by atoms with Gasteiger partial charge in [-0.2, -0.15) is 0 Å². The van der Waals surface area contributed by atoms with Gasteiger partial charge in [0, 0.05) is 10.0 Å². The van der Waals surface area contributed by atoms with Crippen molar-refractivity contribution in [3.8, 4) is 5.75 Å². The number of benzene rings is 2. The summed E-state index contributed by atoms with van der Waals surface area (Å²) in [5.74, 6) is -1.52. The Labute approximate surface area is 152 Å². The van der Waals surface area contributed by atoms with Crippen LogP contribution in [0.3, 0.4) is 0 Å². The first-order valence-corrected chi connectivity index (χ1v) is 7.95. The van der Waals surface area contributed by atoms with E-state index in [0.29, 0.717) is 11.3 Å². The Morgan fingerprint density at radius 3 is 2.36 bits per heavy atom. The maximum atomic E-state index is 11.9. The number of halogens is 1. The fourth-order valence-corrected chi connectivity index (χ4v) is 2.12. The third kappa shape index (κ3) is 5.32. The van der Waals surface area contributed by atoms with Crippen molar-refractivity contribution in [3.05, 3.63) is 64.1 Å². The van der Waals surface area contributed by atoms with Crippen LogP contribution in [0, 0.1) is 0 Å². The van der Waals surface area contributed by atoms with Crippen molar-refractivity contribution in [1.82, 2.24) is 10.9 Å². The Kier molecular flexibility index (Phi) is 6.53. The summed E-state index contributed by atoms with van der Waals surface area (Å²) in [7, 11) is 1.43. The average molecular weight is 407 g/mol. The summed E-state index contributed by atoms with van der Waals surface area (Å²) in [6.45, 7) is -0.544. The van der Waals surface area contributed by atoms with Gasteiger partial charge in [0.1, 0.15) is 11.3 Å². The molecule has 0 unspecified atom stereocenters. The Morgan fingerprint density at radius 2 is 1.68 bits per heavy atom. The second-order valence-electron chi connectivity index (χ2n) is 4.79. The molecule has 2 aromatic carbocycles. The smallest absolute Gasteiger partial charge is 0.342 e. The van der Waals surface area contributed by atoms with Gasteiger partial charge in [0.05, 0.1) is 7.11 Å². The molecule has 25 heavy (non-hydrogen) atoms. The highest BCUT2D eigenvalue weighted by Crippen LogP contribution is 2.18. The number of carbonyl (C=O) groups is 3. The van der Waals surface area contributed by atoms with Gasteiger partial charge in [-0.25, -0.2) is 4.79 Å². The lowest BCUT2D eigenvalue weighted by Crippen LogP contribution is -2.43. The van der Waals surface area contributed by atoms with E-state index in [1.807, 2.05) is 0 Å². The van der Waals surface area contributed by atoms with E-state index in [4.69, 9.17) is 9.47 Å². The van der Waals surface area contributed by atoms with Crippen molar-refractivity contribution in [3.63, 3.8) is 0 Å². The van der Waals surface area contributed by atoms with Crippen LogP contribution < -0.4 is 15.6 Å². The molecule has 0 aliphatic heterocycles. The van der Waals surface area contributed by atoms with Crippen LogP contribution in [-0.4, -0.2) is 31.5 Å². The number of nitrogens with one attached hydrogen (secondary N) is 2. The van der Waals surface area contributed by atoms with E-state index in [9.17, 15) is 14.4 Å². The monoisotopic (exact) mass is 406 g/mol. The number of methoxy groups -OCH3 is 1. The molecule has 130 valence electrons. The number of para-hydroxylation sites is 1. The van der Waals surface area contributed by atoms with Crippen LogP contribution in [-0.2, 0) is 9.53 Å². The molecular weight excluding hydrogens is 392 g/mol. The van der Waals surface area contributed by atoms with Crippen molar-refractivity contribution in [2.75, 3.05) is 13.7 Å². The van der Waals surface area contributed by atoms with E-state index in [0.717, 1.165) is 4.47 Å². The van der Waals surface area contributed by atoms with Crippen molar-refractivity contribution in [2.45, 2.75) is 0 Å². The molecular formula is C17H15BrN2O5. The standard InChI is InChI=1S/C17H15BrN2O5/c1-24-14-5-3-2-4-13(14)17(23)25-10-15(21)19-20-16(22)11-6-8-12(18)9-7-11/h2-9H,10H2,1H3,(H,19,21)(H,20,22). The predicted molar refractivity (Wildman–Crippen MR) is 93.0 cm³/mol. The lowest BCUT2D eigenvalue weighted by Gasteiger charge is -2.09. The molecule has 0 saturated carbocycles. The third-order valence-corrected chi connectivity index (χ3v) is 3.61. The van der Waals surface area contributed by atoms with E-state index >= 15 is 0 Å². The largest absolute Gasteiger partial charge is 0.496 e. The SMILES string of the molecule is COc1ccccc1C(=O)OCC(=O)NNC(=O)c1ccc(Br)cc1. The van der Waals surface area contributed by atoms with Crippen LogP contribution in [0.15, 0.2) is 53.0 Å². The van der Waals surface area contributed by atoms with Crippen LogP contribution in [0.25, 0.3) is 0 Å². The maximum absolute atomic E-state index is 11.9. The first-order valence-electron chi connectivity index (χ1n) is 7.16. The molecule has 8 heteroatoms. The highest BCUT2D eigenvalue weighted by Gasteiger charge is 2.15. The summed E-state index contributed by atoms with van der Waals surface area (Å²) < 4.78 is 10.8. The molecule has 0 atom stereocenters. The maximum Gasteiger partial charge on any atom is 0.342 e. The minimum atomic E-state index is -0.702. The van der Waals surface area contributed by atoms with Crippen LogP contribution in [0.5, 0.6) is 5.75 Å². The molecule has 0 aliphatic carbocycles. The minimum absolute atomic E-state index is 0.205. The molecule has 0 saturated heterocycles. The second-order valence-corrected chi connectivity index (χ2v) is 5.70. The fraction of sp³-hybridized carbons (Fsp3) is 0.118. The summed E-state index contributed by atoms with van der Waals surface area (Å²) in [5.41, 5.74) is 4.98. The zero-order valence-corrected chi connectivity index (χ0v) is 14.8. The number of hydrogen-bond donors (Lipinski definition) is 2. The van der Waals surface area contributed by atoms with Crippen LogP contribution in [0.4, 0.5) is 0 Å². The lowest BCUT2D eigenvalue weighted by atomic mass is 10.2. The summed E-state index contributed by atoms with van der Waals surface area (Å²) in [5, 5.41) is 0. The molecule has 0 aliphatic rings. The molecule has 0 heterocycles. The minimum Gasteiger partial charge on any atom is -0.496 e. The van der Waals surface area contributed by atoms with Gasteiger partial charge >= 0.3 is 5.97 Å². The van der Waals surface area contributed by atoms with E-state index < -0.39 is 24.4 Å². The van der Waals surface area contributed by atoms with Crippen molar-refractivity contribution in [2.24, 2.45) is 0 Å². The van der Waals surface area contributed by atoms with Crippen LogP contribution >= 0.6 is 15.9 Å². The van der Waals surface area contributed by atoms with E-state index in [2.05, 4.69) is 26.8 Å². The number of rotatable bonds is 5. The predicted octanol–water partition coefficient (Wildman–Crippen LogP) is 2.08. The van der Waals surface area contributed by atoms with Gasteiger partial charge in [0.2, 0.25) is 0 Å². The normalized spacial score (nSPS) is 9.84. The number of hydrogen-bond acceptors (Lipinski definition) is 5. The molecule has 2 N–H and O–H groups in total. The van der Waals surface area contributed by atoms with E-state index in [1.54, 1.807) is 42.5 Å². The van der Waals surface area contributed by atoms with Gasteiger partial charge in [-0.15, -0.1) is 0 Å². The quantitative estimate of drug-likeness (QED) is 0.585. The Hall–Kier alpha value is -2.87.